The fourth-order valence-corrected chi connectivity index (χ4v) is 2.88. The standard InChI is InChI=1S/C16H26NO2P/c1-4-7-14(8-5-2)13-16(15(18)19-6-3)9-11-17(20)12-10-16/h4-5,7-8H,1,6,9-13,20H2,2-3H3/b8-5-,14-7+. The molecule has 0 saturated carbocycles. The number of rotatable bonds is 6. The van der Waals surface area contributed by atoms with Crippen molar-refractivity contribution in [1.82, 2.24) is 4.67 Å². The maximum Gasteiger partial charge on any atom is 0.312 e. The van der Waals surface area contributed by atoms with Crippen LogP contribution in [-0.2, 0) is 9.53 Å². The molecule has 0 aliphatic carbocycles. The molecule has 1 saturated heterocycles. The number of nitrogens with zero attached hydrogens (tertiary/aromatic N) is 1. The third-order valence-electron chi connectivity index (χ3n) is 3.72. The van der Waals surface area contributed by atoms with E-state index >= 15 is 0 Å². The zero-order valence-corrected chi connectivity index (χ0v) is 13.8. The lowest BCUT2D eigenvalue weighted by Crippen LogP contribution is -2.42. The zero-order valence-electron chi connectivity index (χ0n) is 12.6. The first kappa shape index (κ1) is 17.1. The molecule has 0 aromatic heterocycles. The minimum absolute atomic E-state index is 0.0578. The lowest BCUT2D eigenvalue weighted by Gasteiger charge is -2.38. The molecular formula is C16H26NO2P. The molecule has 1 unspecified atom stereocenters. The predicted molar refractivity (Wildman–Crippen MR) is 87.3 cm³/mol. The zero-order chi connectivity index (χ0) is 15.0. The lowest BCUT2D eigenvalue weighted by molar-refractivity contribution is -0.157. The summed E-state index contributed by atoms with van der Waals surface area (Å²) in [5, 5.41) is 0. The lowest BCUT2D eigenvalue weighted by atomic mass is 9.74. The van der Waals surface area contributed by atoms with E-state index in [2.05, 4.69) is 26.7 Å². The van der Waals surface area contributed by atoms with Crippen LogP contribution < -0.4 is 0 Å². The van der Waals surface area contributed by atoms with Gasteiger partial charge in [-0.15, -0.1) is 0 Å². The number of allylic oxidation sites excluding steroid dienone is 5. The van der Waals surface area contributed by atoms with Gasteiger partial charge in [0.2, 0.25) is 0 Å². The van der Waals surface area contributed by atoms with E-state index < -0.39 is 5.41 Å². The van der Waals surface area contributed by atoms with Crippen LogP contribution in [-0.4, -0.2) is 30.3 Å². The van der Waals surface area contributed by atoms with Crippen LogP contribution in [0.15, 0.2) is 36.5 Å². The van der Waals surface area contributed by atoms with Crippen molar-refractivity contribution in [2.24, 2.45) is 5.41 Å². The molecule has 0 radical (unpaired) electrons. The van der Waals surface area contributed by atoms with Gasteiger partial charge in [-0.2, -0.15) is 0 Å². The quantitative estimate of drug-likeness (QED) is 0.427. The second-order valence-electron chi connectivity index (χ2n) is 5.19. The Hall–Kier alpha value is -0.920. The molecule has 1 fully saturated rings. The van der Waals surface area contributed by atoms with Crippen molar-refractivity contribution in [3.63, 3.8) is 0 Å². The average molecular weight is 295 g/mol. The van der Waals surface area contributed by atoms with Crippen LogP contribution in [0.3, 0.4) is 0 Å². The summed E-state index contributed by atoms with van der Waals surface area (Å²) >= 11 is 0. The molecule has 1 aliphatic rings. The van der Waals surface area contributed by atoms with Gasteiger partial charge in [0, 0.05) is 13.1 Å². The molecule has 0 amide bonds. The number of hydrogen-bond donors (Lipinski definition) is 0. The SMILES string of the molecule is C=C/C=C(\C=C/C)CC1(C(=O)OCC)CCN(P)CC1. The summed E-state index contributed by atoms with van der Waals surface area (Å²) in [5.41, 5.74) is 0.741. The molecular weight excluding hydrogens is 269 g/mol. The molecule has 0 aromatic rings. The average Bonchev–Trinajstić information content (AvgIpc) is 2.42. The highest BCUT2D eigenvalue weighted by Crippen LogP contribution is 2.40. The third kappa shape index (κ3) is 4.57. The molecule has 112 valence electrons. The van der Waals surface area contributed by atoms with Crippen molar-refractivity contribution in [3.8, 4) is 0 Å². The molecule has 3 nitrogen and oxygen atoms in total. The molecule has 20 heavy (non-hydrogen) atoms. The van der Waals surface area contributed by atoms with E-state index in [1.165, 1.54) is 0 Å². The van der Waals surface area contributed by atoms with Crippen LogP contribution in [0.25, 0.3) is 0 Å². The van der Waals surface area contributed by atoms with Crippen LogP contribution >= 0.6 is 9.39 Å². The first-order valence-corrected chi connectivity index (χ1v) is 7.70. The number of carbonyl (C=O) groups is 1. The Morgan fingerprint density at radius 3 is 2.60 bits per heavy atom. The fourth-order valence-electron chi connectivity index (χ4n) is 2.62. The van der Waals surface area contributed by atoms with Crippen molar-refractivity contribution in [2.45, 2.75) is 33.1 Å². The van der Waals surface area contributed by atoms with Crippen molar-refractivity contribution in [3.05, 3.63) is 36.5 Å². The smallest absolute Gasteiger partial charge is 0.312 e. The highest BCUT2D eigenvalue weighted by atomic mass is 31.0. The van der Waals surface area contributed by atoms with Gasteiger partial charge in [0.15, 0.2) is 0 Å². The van der Waals surface area contributed by atoms with Gasteiger partial charge < -0.3 is 4.74 Å². The Morgan fingerprint density at radius 1 is 1.45 bits per heavy atom. The maximum atomic E-state index is 12.4. The summed E-state index contributed by atoms with van der Waals surface area (Å²) in [5.74, 6) is -0.0578. The second kappa shape index (κ2) is 8.39. The van der Waals surface area contributed by atoms with E-state index in [9.17, 15) is 4.79 Å². The molecule has 0 bridgehead atoms. The second-order valence-corrected chi connectivity index (χ2v) is 5.92. The van der Waals surface area contributed by atoms with Gasteiger partial charge in [-0.25, -0.2) is 0 Å². The van der Waals surface area contributed by atoms with Gasteiger partial charge in [0.1, 0.15) is 0 Å². The summed E-state index contributed by atoms with van der Waals surface area (Å²) in [4.78, 5) is 12.4. The molecule has 0 spiro atoms. The van der Waals surface area contributed by atoms with Crippen molar-refractivity contribution in [1.29, 1.82) is 0 Å². The Balaban J connectivity index is 2.95. The Bertz CT molecular complexity index is 393. The number of ether oxygens (including phenoxy) is 1. The van der Waals surface area contributed by atoms with E-state index in [0.717, 1.165) is 37.9 Å². The van der Waals surface area contributed by atoms with Crippen molar-refractivity contribution in [2.75, 3.05) is 19.7 Å². The first-order valence-electron chi connectivity index (χ1n) is 7.19. The van der Waals surface area contributed by atoms with Gasteiger partial charge in [-0.05, 0) is 38.7 Å². The van der Waals surface area contributed by atoms with E-state index in [-0.39, 0.29) is 5.97 Å². The van der Waals surface area contributed by atoms with Crippen LogP contribution in [0.5, 0.6) is 0 Å². The van der Waals surface area contributed by atoms with E-state index in [0.29, 0.717) is 6.61 Å². The van der Waals surface area contributed by atoms with Crippen LogP contribution in [0.2, 0.25) is 0 Å². The number of esters is 1. The number of hydrogen-bond acceptors (Lipinski definition) is 3. The van der Waals surface area contributed by atoms with Crippen molar-refractivity contribution < 1.29 is 9.53 Å². The Labute approximate surface area is 125 Å². The highest BCUT2D eigenvalue weighted by molar-refractivity contribution is 7.13. The number of carbonyl (C=O) groups excluding carboxylic acids is 1. The summed E-state index contributed by atoms with van der Waals surface area (Å²) in [6, 6.07) is 0. The fraction of sp³-hybridized carbons (Fsp3) is 0.562. The molecule has 1 aliphatic heterocycles. The van der Waals surface area contributed by atoms with E-state index in [1.54, 1.807) is 6.08 Å². The summed E-state index contributed by atoms with van der Waals surface area (Å²) in [6.07, 6.45) is 10.2. The first-order chi connectivity index (χ1) is 9.57. The summed E-state index contributed by atoms with van der Waals surface area (Å²) in [6.45, 7) is 9.85. The van der Waals surface area contributed by atoms with E-state index in [1.807, 2.05) is 26.0 Å². The highest BCUT2D eigenvalue weighted by Gasteiger charge is 2.42. The number of piperidine rings is 1. The topological polar surface area (TPSA) is 29.5 Å². The monoisotopic (exact) mass is 295 g/mol. The normalized spacial score (nSPS) is 20.1. The maximum absolute atomic E-state index is 12.4. The molecule has 4 heteroatoms. The van der Waals surface area contributed by atoms with Gasteiger partial charge in [0.05, 0.1) is 12.0 Å². The minimum atomic E-state index is -0.391. The predicted octanol–water partition coefficient (Wildman–Crippen LogP) is 3.50. The Morgan fingerprint density at radius 2 is 2.10 bits per heavy atom. The minimum Gasteiger partial charge on any atom is -0.466 e. The largest absolute Gasteiger partial charge is 0.466 e. The molecule has 0 aromatic carbocycles. The van der Waals surface area contributed by atoms with Crippen LogP contribution in [0.4, 0.5) is 0 Å². The molecule has 1 heterocycles. The van der Waals surface area contributed by atoms with Gasteiger partial charge in [-0.3, -0.25) is 9.46 Å². The van der Waals surface area contributed by atoms with Gasteiger partial charge in [-0.1, -0.05) is 40.3 Å². The van der Waals surface area contributed by atoms with Crippen molar-refractivity contribution >= 4 is 15.4 Å². The third-order valence-corrected chi connectivity index (χ3v) is 4.24. The molecule has 0 N–H and O–H groups in total. The molecule has 1 atom stereocenters. The van der Waals surface area contributed by atoms with E-state index in [4.69, 9.17) is 4.74 Å². The molecule has 1 rings (SSSR count). The summed E-state index contributed by atoms with van der Waals surface area (Å²) in [7, 11) is 2.72. The Kier molecular flexibility index (Phi) is 7.18. The summed E-state index contributed by atoms with van der Waals surface area (Å²) < 4.78 is 7.52. The van der Waals surface area contributed by atoms with Gasteiger partial charge >= 0.3 is 5.97 Å². The van der Waals surface area contributed by atoms with Gasteiger partial charge in [0.25, 0.3) is 0 Å². The van der Waals surface area contributed by atoms with Crippen LogP contribution in [0.1, 0.15) is 33.1 Å². The van der Waals surface area contributed by atoms with Crippen LogP contribution in [0, 0.1) is 5.41 Å².